The van der Waals surface area contributed by atoms with Crippen molar-refractivity contribution in [2.24, 2.45) is 0 Å². The first-order valence-electron chi connectivity index (χ1n) is 11.2. The molecule has 0 aliphatic heterocycles. The summed E-state index contributed by atoms with van der Waals surface area (Å²) in [5.41, 5.74) is 2.20. The fourth-order valence-corrected chi connectivity index (χ4v) is 3.55. The van der Waals surface area contributed by atoms with Gasteiger partial charge in [-0.2, -0.15) is 0 Å². The highest BCUT2D eigenvalue weighted by atomic mass is 16.6. The van der Waals surface area contributed by atoms with Crippen molar-refractivity contribution in [3.05, 3.63) is 90.0 Å². The predicted octanol–water partition coefficient (Wildman–Crippen LogP) is 6.54. The van der Waals surface area contributed by atoms with E-state index >= 15 is 0 Å². The quantitative estimate of drug-likeness (QED) is 0.247. The molecule has 0 spiro atoms. The molecule has 3 heteroatoms. The molecule has 0 saturated heterocycles. The number of hydrogen-bond donors (Lipinski definition) is 1. The number of allylic oxidation sites excluding steroid dienone is 2. The molecule has 30 heavy (non-hydrogen) atoms. The molecular formula is C27H34O3. The summed E-state index contributed by atoms with van der Waals surface area (Å²) in [5.74, 6) is -0.314. The third-order valence-corrected chi connectivity index (χ3v) is 5.43. The van der Waals surface area contributed by atoms with Crippen molar-refractivity contribution in [1.29, 1.82) is 0 Å². The first-order valence-corrected chi connectivity index (χ1v) is 11.2. The van der Waals surface area contributed by atoms with Crippen LogP contribution in [0.5, 0.6) is 5.75 Å². The van der Waals surface area contributed by atoms with Crippen LogP contribution < -0.4 is 4.74 Å². The van der Waals surface area contributed by atoms with Crippen LogP contribution in [0.15, 0.2) is 78.9 Å². The molecule has 0 radical (unpaired) electrons. The summed E-state index contributed by atoms with van der Waals surface area (Å²) in [6.07, 6.45) is 15.0. The van der Waals surface area contributed by atoms with Gasteiger partial charge < -0.3 is 14.6 Å². The normalized spacial score (nSPS) is 20.4. The minimum Gasteiger partial charge on any atom is -0.494 e. The van der Waals surface area contributed by atoms with E-state index in [2.05, 4.69) is 19.1 Å². The lowest BCUT2D eigenvalue weighted by molar-refractivity contribution is -0.139. The second-order valence-electron chi connectivity index (χ2n) is 7.96. The molecule has 2 aromatic rings. The molecule has 0 amide bonds. The second-order valence-corrected chi connectivity index (χ2v) is 7.96. The smallest absolute Gasteiger partial charge is 0.205 e. The molecule has 0 heterocycles. The van der Waals surface area contributed by atoms with Gasteiger partial charge in [0, 0.05) is 5.92 Å². The molecule has 0 aromatic heterocycles. The van der Waals surface area contributed by atoms with Crippen LogP contribution in [0, 0.1) is 0 Å². The van der Waals surface area contributed by atoms with Gasteiger partial charge in [0.15, 0.2) is 0 Å². The van der Waals surface area contributed by atoms with Crippen molar-refractivity contribution in [3.63, 3.8) is 0 Å². The monoisotopic (exact) mass is 406 g/mol. The fourth-order valence-electron chi connectivity index (χ4n) is 3.55. The maximum Gasteiger partial charge on any atom is 0.205 e. The molecule has 1 aliphatic carbocycles. The summed E-state index contributed by atoms with van der Waals surface area (Å²) in [4.78, 5) is 0. The lowest BCUT2D eigenvalue weighted by Gasteiger charge is -2.26. The third-order valence-electron chi connectivity index (χ3n) is 5.43. The molecule has 0 fully saturated rings. The number of hydrogen-bond acceptors (Lipinski definition) is 3. The molecule has 0 bridgehead atoms. The topological polar surface area (TPSA) is 38.7 Å². The Morgan fingerprint density at radius 3 is 2.20 bits per heavy atom. The van der Waals surface area contributed by atoms with E-state index in [-0.39, 0.29) is 5.92 Å². The Morgan fingerprint density at radius 2 is 1.50 bits per heavy atom. The highest BCUT2D eigenvalue weighted by Gasteiger charge is 2.25. The van der Waals surface area contributed by atoms with Gasteiger partial charge in [0.1, 0.15) is 5.75 Å². The van der Waals surface area contributed by atoms with E-state index in [1.807, 2.05) is 54.6 Å². The Hall–Kier alpha value is -2.36. The van der Waals surface area contributed by atoms with Gasteiger partial charge in [-0.1, -0.05) is 93.6 Å². The first-order chi connectivity index (χ1) is 14.7. The van der Waals surface area contributed by atoms with Crippen molar-refractivity contribution in [3.8, 4) is 5.75 Å². The van der Waals surface area contributed by atoms with Crippen molar-refractivity contribution in [1.82, 2.24) is 0 Å². The maximum atomic E-state index is 10.7. The van der Waals surface area contributed by atoms with Crippen molar-refractivity contribution >= 4 is 0 Å². The molecule has 160 valence electrons. The van der Waals surface area contributed by atoms with Crippen LogP contribution in [0.3, 0.4) is 0 Å². The largest absolute Gasteiger partial charge is 0.494 e. The highest BCUT2D eigenvalue weighted by molar-refractivity contribution is 5.34. The average molecular weight is 407 g/mol. The minimum absolute atomic E-state index is 0.165. The molecule has 0 unspecified atom stereocenters. The summed E-state index contributed by atoms with van der Waals surface area (Å²) in [7, 11) is 0. The van der Waals surface area contributed by atoms with Gasteiger partial charge in [-0.05, 0) is 41.8 Å². The minimum atomic E-state index is -1.36. The Morgan fingerprint density at radius 1 is 0.833 bits per heavy atom. The lowest BCUT2D eigenvalue weighted by Crippen LogP contribution is -2.29. The van der Waals surface area contributed by atoms with Crippen LogP contribution in [0.4, 0.5) is 0 Å². The predicted molar refractivity (Wildman–Crippen MR) is 123 cm³/mol. The summed E-state index contributed by atoms with van der Waals surface area (Å²) in [6.45, 7) is 3.33. The summed E-state index contributed by atoms with van der Waals surface area (Å²) >= 11 is 0. The standard InChI is InChI=1S/C27H34O3/c1-2-3-4-5-6-10-21-29-26-15-13-23(14-16-26)22-30-27(28)19-17-25(18-20-27)24-11-8-7-9-12-24/h7-9,11-20,25,28H,2-6,10,21-22H2,1H3. The number of aliphatic hydroxyl groups is 1. The van der Waals surface area contributed by atoms with Crippen LogP contribution in [0.1, 0.15) is 62.5 Å². The van der Waals surface area contributed by atoms with E-state index in [1.54, 1.807) is 12.2 Å². The summed E-state index contributed by atoms with van der Waals surface area (Å²) < 4.78 is 11.6. The van der Waals surface area contributed by atoms with Crippen LogP contribution in [0.2, 0.25) is 0 Å². The van der Waals surface area contributed by atoms with E-state index in [9.17, 15) is 5.11 Å². The zero-order valence-electron chi connectivity index (χ0n) is 18.0. The zero-order valence-corrected chi connectivity index (χ0v) is 18.0. The Bertz CT molecular complexity index is 779. The number of ether oxygens (including phenoxy) is 2. The Kier molecular flexibility index (Phi) is 8.73. The average Bonchev–Trinajstić information content (AvgIpc) is 2.79. The molecule has 3 nitrogen and oxygen atoms in total. The number of rotatable bonds is 12. The summed E-state index contributed by atoms with van der Waals surface area (Å²) in [6, 6.07) is 18.1. The Balaban J connectivity index is 1.39. The van der Waals surface area contributed by atoms with E-state index in [0.29, 0.717) is 6.61 Å². The van der Waals surface area contributed by atoms with Crippen molar-refractivity contribution < 1.29 is 14.6 Å². The molecular weight excluding hydrogens is 372 g/mol. The van der Waals surface area contributed by atoms with E-state index in [4.69, 9.17) is 9.47 Å². The Labute approximate surface area is 181 Å². The molecule has 1 N–H and O–H groups in total. The third kappa shape index (κ3) is 7.16. The van der Waals surface area contributed by atoms with Crippen LogP contribution in [-0.2, 0) is 11.3 Å². The fraction of sp³-hybridized carbons (Fsp3) is 0.407. The molecule has 0 atom stereocenters. The maximum absolute atomic E-state index is 10.7. The van der Waals surface area contributed by atoms with Crippen LogP contribution in [0.25, 0.3) is 0 Å². The molecule has 0 saturated carbocycles. The van der Waals surface area contributed by atoms with E-state index in [1.165, 1.54) is 37.7 Å². The van der Waals surface area contributed by atoms with Crippen LogP contribution >= 0.6 is 0 Å². The number of benzene rings is 2. The molecule has 3 rings (SSSR count). The molecule has 1 aliphatic rings. The van der Waals surface area contributed by atoms with Gasteiger partial charge in [0.05, 0.1) is 13.2 Å². The zero-order chi connectivity index (χ0) is 21.1. The van der Waals surface area contributed by atoms with Gasteiger partial charge >= 0.3 is 0 Å². The van der Waals surface area contributed by atoms with Gasteiger partial charge in [-0.3, -0.25) is 0 Å². The SMILES string of the molecule is CCCCCCCCOc1ccc(COC2(O)C=CC(c3ccccc3)C=C2)cc1. The van der Waals surface area contributed by atoms with E-state index in [0.717, 1.165) is 24.3 Å². The van der Waals surface area contributed by atoms with Gasteiger partial charge in [0.25, 0.3) is 0 Å². The van der Waals surface area contributed by atoms with Gasteiger partial charge in [-0.25, -0.2) is 0 Å². The van der Waals surface area contributed by atoms with E-state index < -0.39 is 5.79 Å². The first kappa shape index (κ1) is 22.3. The van der Waals surface area contributed by atoms with Gasteiger partial charge in [0.2, 0.25) is 5.79 Å². The molecule has 2 aromatic carbocycles. The number of unbranched alkanes of at least 4 members (excludes halogenated alkanes) is 5. The second kappa shape index (κ2) is 11.7. The summed E-state index contributed by atoms with van der Waals surface area (Å²) in [5, 5.41) is 10.7. The van der Waals surface area contributed by atoms with Crippen LogP contribution in [-0.4, -0.2) is 17.5 Å². The van der Waals surface area contributed by atoms with Gasteiger partial charge in [-0.15, -0.1) is 0 Å². The van der Waals surface area contributed by atoms with Crippen molar-refractivity contribution in [2.45, 2.75) is 63.8 Å². The highest BCUT2D eigenvalue weighted by Crippen LogP contribution is 2.28. The van der Waals surface area contributed by atoms with Crippen molar-refractivity contribution in [2.75, 3.05) is 6.61 Å². The lowest BCUT2D eigenvalue weighted by atomic mass is 9.93.